The van der Waals surface area contributed by atoms with Crippen LogP contribution in [0.4, 0.5) is 5.69 Å². The number of nitrogens with one attached hydrogen (secondary N) is 1. The summed E-state index contributed by atoms with van der Waals surface area (Å²) in [6.45, 7) is 2.89. The lowest BCUT2D eigenvalue weighted by Gasteiger charge is -2.26. The molecule has 0 radical (unpaired) electrons. The Morgan fingerprint density at radius 3 is 2.48 bits per heavy atom. The van der Waals surface area contributed by atoms with Gasteiger partial charge in [0.05, 0.1) is 27.4 Å². The summed E-state index contributed by atoms with van der Waals surface area (Å²) >= 11 is 9.55. The first kappa shape index (κ1) is 31.9. The van der Waals surface area contributed by atoms with Crippen molar-refractivity contribution in [1.29, 1.82) is 0 Å². The smallest absolute Gasteiger partial charge is 0.256 e. The summed E-state index contributed by atoms with van der Waals surface area (Å²) in [5.41, 5.74) is 3.74. The summed E-state index contributed by atoms with van der Waals surface area (Å²) in [5.74, 6) is 0.447. The van der Waals surface area contributed by atoms with E-state index in [1.165, 1.54) is 16.4 Å². The Balaban J connectivity index is 1.40. The Kier molecular flexibility index (Phi) is 9.56. The number of carbonyl (C=O) groups is 1. The first-order chi connectivity index (χ1) is 22.2. The quantitative estimate of drug-likeness (QED) is 0.173. The monoisotopic (exact) mass is 715 g/mol. The summed E-state index contributed by atoms with van der Waals surface area (Å²) in [6, 6.07) is 26.8. The first-order valence-electron chi connectivity index (χ1n) is 14.9. The minimum Gasteiger partial charge on any atom is -0.455 e. The minimum absolute atomic E-state index is 0.0928. The van der Waals surface area contributed by atoms with E-state index < -0.39 is 15.9 Å². The molecule has 1 N–H and O–H groups in total. The van der Waals surface area contributed by atoms with E-state index in [2.05, 4.69) is 21.2 Å². The van der Waals surface area contributed by atoms with Gasteiger partial charge >= 0.3 is 0 Å². The molecule has 5 aromatic rings. The second-order valence-electron chi connectivity index (χ2n) is 11.1. The number of sulfonamides is 1. The van der Waals surface area contributed by atoms with Crippen LogP contribution in [0.1, 0.15) is 46.4 Å². The van der Waals surface area contributed by atoms with E-state index in [0.29, 0.717) is 51.8 Å². The predicted molar refractivity (Wildman–Crippen MR) is 188 cm³/mol. The van der Waals surface area contributed by atoms with Crippen molar-refractivity contribution in [3.63, 3.8) is 0 Å². The van der Waals surface area contributed by atoms with Gasteiger partial charge in [-0.3, -0.25) is 4.79 Å². The van der Waals surface area contributed by atoms with Crippen molar-refractivity contribution in [2.75, 3.05) is 18.4 Å². The molecule has 0 bridgehead atoms. The number of benzene rings is 4. The molecule has 1 aliphatic rings. The fourth-order valence-electron chi connectivity index (χ4n) is 5.35. The topological polar surface area (TPSA) is 88.6 Å². The molecule has 0 aliphatic carbocycles. The first-order valence-corrected chi connectivity index (χ1v) is 17.5. The Morgan fingerprint density at radius 2 is 1.72 bits per heavy atom. The molecule has 1 fully saturated rings. The zero-order valence-electron chi connectivity index (χ0n) is 25.0. The Labute approximate surface area is 282 Å². The van der Waals surface area contributed by atoms with E-state index in [4.69, 9.17) is 21.3 Å². The largest absolute Gasteiger partial charge is 0.455 e. The Bertz CT molecular complexity index is 2060. The lowest BCUT2D eigenvalue weighted by atomic mass is 10.1. The van der Waals surface area contributed by atoms with Crippen LogP contribution in [0.5, 0.6) is 11.5 Å². The molecular weight excluding hydrogens is 686 g/mol. The number of hydrogen-bond donors (Lipinski definition) is 1. The highest BCUT2D eigenvalue weighted by Gasteiger charge is 2.27. The van der Waals surface area contributed by atoms with Crippen LogP contribution in [-0.4, -0.2) is 36.7 Å². The number of carbonyl (C=O) groups excluding carboxylic acids is 1. The molecular formula is C36H31BrClN3O4S. The van der Waals surface area contributed by atoms with Gasteiger partial charge in [-0.25, -0.2) is 13.4 Å². The van der Waals surface area contributed by atoms with Crippen LogP contribution in [0.25, 0.3) is 23.1 Å². The van der Waals surface area contributed by atoms with Crippen LogP contribution in [-0.2, 0) is 10.0 Å². The van der Waals surface area contributed by atoms with Crippen LogP contribution in [0.15, 0.2) is 100 Å². The summed E-state index contributed by atoms with van der Waals surface area (Å²) in [7, 11) is -3.77. The molecule has 7 nitrogen and oxygen atoms in total. The fraction of sp³-hybridized carbons (Fsp3) is 0.167. The van der Waals surface area contributed by atoms with Gasteiger partial charge in [0.15, 0.2) is 5.75 Å². The molecule has 1 aliphatic heterocycles. The number of pyridine rings is 1. The molecule has 0 saturated carbocycles. The number of aromatic nitrogens is 1. The van der Waals surface area contributed by atoms with Crippen molar-refractivity contribution in [3.05, 3.63) is 123 Å². The Morgan fingerprint density at radius 1 is 0.935 bits per heavy atom. The number of nitrogens with zero attached hydrogens (tertiary/aromatic N) is 2. The normalized spacial score (nSPS) is 14.1. The molecule has 234 valence electrons. The van der Waals surface area contributed by atoms with Gasteiger partial charge in [0.25, 0.3) is 5.91 Å². The number of piperidine rings is 1. The zero-order chi connectivity index (χ0) is 32.3. The van der Waals surface area contributed by atoms with Crippen LogP contribution in [0, 0.1) is 6.92 Å². The third-order valence-electron chi connectivity index (χ3n) is 7.72. The number of anilines is 1. The molecule has 1 aromatic heterocycles. The Hall–Kier alpha value is -4.02. The van der Waals surface area contributed by atoms with E-state index >= 15 is 0 Å². The number of rotatable bonds is 8. The van der Waals surface area contributed by atoms with E-state index in [1.54, 1.807) is 12.1 Å². The molecule has 46 heavy (non-hydrogen) atoms. The average molecular weight is 717 g/mol. The third-order valence-corrected chi connectivity index (χ3v) is 10.4. The van der Waals surface area contributed by atoms with Gasteiger partial charge < -0.3 is 10.1 Å². The molecule has 0 spiro atoms. The molecule has 0 unspecified atom stereocenters. The zero-order valence-corrected chi connectivity index (χ0v) is 28.2. The van der Waals surface area contributed by atoms with Gasteiger partial charge in [-0.1, -0.05) is 64.3 Å². The lowest BCUT2D eigenvalue weighted by molar-refractivity contribution is 0.102. The van der Waals surface area contributed by atoms with Crippen molar-refractivity contribution in [3.8, 4) is 11.5 Å². The van der Waals surface area contributed by atoms with Gasteiger partial charge in [0, 0.05) is 28.0 Å². The number of fused-ring (bicyclic) bond motifs is 1. The van der Waals surface area contributed by atoms with Crippen molar-refractivity contribution in [1.82, 2.24) is 9.29 Å². The van der Waals surface area contributed by atoms with Crippen molar-refractivity contribution in [2.45, 2.75) is 31.1 Å². The molecule has 4 aromatic carbocycles. The molecule has 1 saturated heterocycles. The maximum absolute atomic E-state index is 14.1. The second-order valence-corrected chi connectivity index (χ2v) is 14.4. The SMILES string of the molecule is Cc1cccc(Oc2ccc(S(=O)(=O)N3CCCCC3)cc2NC(=O)c2cc(/C=C/c3ccc(Cl)cc3)nc3ccc(Br)cc23)c1. The number of hydrogen-bond acceptors (Lipinski definition) is 5. The molecule has 2 heterocycles. The van der Waals surface area contributed by atoms with Gasteiger partial charge in [0.1, 0.15) is 5.75 Å². The minimum atomic E-state index is -3.77. The highest BCUT2D eigenvalue weighted by molar-refractivity contribution is 9.10. The van der Waals surface area contributed by atoms with Crippen LogP contribution in [0.3, 0.4) is 0 Å². The fourth-order valence-corrected chi connectivity index (χ4v) is 7.38. The van der Waals surface area contributed by atoms with Crippen molar-refractivity contribution >= 4 is 72.2 Å². The second kappa shape index (κ2) is 13.8. The average Bonchev–Trinajstić information content (AvgIpc) is 3.05. The van der Waals surface area contributed by atoms with Crippen LogP contribution < -0.4 is 10.1 Å². The van der Waals surface area contributed by atoms with Gasteiger partial charge in [-0.2, -0.15) is 4.31 Å². The number of amides is 1. The predicted octanol–water partition coefficient (Wildman–Crippen LogP) is 9.35. The standard InChI is InChI=1S/C36H31BrClN3O4S/c1-24-6-5-7-29(20-24)45-35-17-15-30(46(43,44)41-18-3-2-4-19-41)23-34(35)40-36(42)32-22-28(14-10-25-8-12-27(38)13-9-25)39-33-16-11-26(37)21-31(32)33/h5-17,20-23H,2-4,18-19H2,1H3,(H,40,42)/b14-10+. The summed E-state index contributed by atoms with van der Waals surface area (Å²) < 4.78 is 35.7. The van der Waals surface area contributed by atoms with Crippen LogP contribution >= 0.6 is 27.5 Å². The summed E-state index contributed by atoms with van der Waals surface area (Å²) in [6.07, 6.45) is 6.37. The molecule has 0 atom stereocenters. The molecule has 1 amide bonds. The van der Waals surface area contributed by atoms with Crippen molar-refractivity contribution in [2.24, 2.45) is 0 Å². The maximum atomic E-state index is 14.1. The third kappa shape index (κ3) is 7.34. The van der Waals surface area contributed by atoms with Gasteiger partial charge in [-0.15, -0.1) is 0 Å². The van der Waals surface area contributed by atoms with E-state index in [-0.39, 0.29) is 10.6 Å². The summed E-state index contributed by atoms with van der Waals surface area (Å²) in [4.78, 5) is 19.0. The van der Waals surface area contributed by atoms with E-state index in [9.17, 15) is 13.2 Å². The summed E-state index contributed by atoms with van der Waals surface area (Å²) in [5, 5.41) is 4.24. The van der Waals surface area contributed by atoms with Gasteiger partial charge in [-0.05, 0) is 104 Å². The number of aryl methyl sites for hydroxylation is 1. The number of ether oxygens (including phenoxy) is 1. The number of halogens is 2. The van der Waals surface area contributed by atoms with E-state index in [1.807, 2.05) is 85.8 Å². The van der Waals surface area contributed by atoms with Crippen molar-refractivity contribution < 1.29 is 17.9 Å². The van der Waals surface area contributed by atoms with E-state index in [0.717, 1.165) is 34.9 Å². The highest BCUT2D eigenvalue weighted by atomic mass is 79.9. The highest BCUT2D eigenvalue weighted by Crippen LogP contribution is 2.35. The lowest BCUT2D eigenvalue weighted by Crippen LogP contribution is -2.35. The van der Waals surface area contributed by atoms with Crippen LogP contribution in [0.2, 0.25) is 5.02 Å². The molecule has 6 rings (SSSR count). The maximum Gasteiger partial charge on any atom is 0.256 e. The van der Waals surface area contributed by atoms with Gasteiger partial charge in [0.2, 0.25) is 10.0 Å². The molecule has 10 heteroatoms.